The lowest BCUT2D eigenvalue weighted by molar-refractivity contribution is -0.124. The van der Waals surface area contributed by atoms with Crippen molar-refractivity contribution >= 4 is 23.5 Å². The third-order valence-corrected chi connectivity index (χ3v) is 5.04. The van der Waals surface area contributed by atoms with E-state index in [9.17, 15) is 9.59 Å². The Morgan fingerprint density at radius 1 is 1.03 bits per heavy atom. The van der Waals surface area contributed by atoms with Gasteiger partial charge in [-0.1, -0.05) is 41.4 Å². The van der Waals surface area contributed by atoms with Gasteiger partial charge in [0.15, 0.2) is 6.61 Å². The maximum Gasteiger partial charge on any atom is 0.338 e. The lowest BCUT2D eigenvalue weighted by atomic mass is 10.1. The Kier molecular flexibility index (Phi) is 6.34. The van der Waals surface area contributed by atoms with E-state index in [4.69, 9.17) is 16.3 Å². The SMILES string of the molecule is Cc1ccc(CNC(=O)COC(=O)c2ccc(-n3nc(C)c(Cl)c3C)cc2)cc1. The number of nitrogens with zero attached hydrogens (tertiary/aromatic N) is 2. The van der Waals surface area contributed by atoms with Crippen LogP contribution in [0.4, 0.5) is 0 Å². The van der Waals surface area contributed by atoms with Gasteiger partial charge in [0, 0.05) is 6.54 Å². The number of nitrogens with one attached hydrogen (secondary N) is 1. The summed E-state index contributed by atoms with van der Waals surface area (Å²) in [7, 11) is 0. The molecule has 0 radical (unpaired) electrons. The predicted molar refractivity (Wildman–Crippen MR) is 111 cm³/mol. The highest BCUT2D eigenvalue weighted by Crippen LogP contribution is 2.22. The summed E-state index contributed by atoms with van der Waals surface area (Å²) in [5.74, 6) is -0.915. The molecule has 3 aromatic rings. The van der Waals surface area contributed by atoms with Gasteiger partial charge in [0.05, 0.1) is 27.7 Å². The van der Waals surface area contributed by atoms with Crippen molar-refractivity contribution in [3.63, 3.8) is 0 Å². The largest absolute Gasteiger partial charge is 0.452 e. The molecule has 29 heavy (non-hydrogen) atoms. The summed E-state index contributed by atoms with van der Waals surface area (Å²) in [4.78, 5) is 24.1. The molecule has 7 heteroatoms. The second kappa shape index (κ2) is 8.92. The van der Waals surface area contributed by atoms with Crippen LogP contribution in [0.5, 0.6) is 0 Å². The molecule has 0 saturated heterocycles. The maximum absolute atomic E-state index is 12.2. The van der Waals surface area contributed by atoms with E-state index in [0.29, 0.717) is 17.1 Å². The zero-order valence-corrected chi connectivity index (χ0v) is 17.3. The van der Waals surface area contributed by atoms with Crippen LogP contribution in [0.3, 0.4) is 0 Å². The first-order chi connectivity index (χ1) is 13.8. The van der Waals surface area contributed by atoms with Gasteiger partial charge in [-0.25, -0.2) is 9.48 Å². The Morgan fingerprint density at radius 2 is 1.69 bits per heavy atom. The number of hydrogen-bond donors (Lipinski definition) is 1. The van der Waals surface area contributed by atoms with E-state index in [0.717, 1.165) is 28.2 Å². The molecule has 0 atom stereocenters. The quantitative estimate of drug-likeness (QED) is 0.624. The minimum Gasteiger partial charge on any atom is -0.452 e. The molecule has 1 aromatic heterocycles. The predicted octanol–water partition coefficient (Wildman–Crippen LogP) is 3.92. The minimum atomic E-state index is -0.562. The Hall–Kier alpha value is -3.12. The standard InChI is InChI=1S/C22H22ClN3O3/c1-14-4-6-17(7-5-14)12-24-20(27)13-29-22(28)18-8-10-19(11-9-18)26-16(3)21(23)15(2)25-26/h4-11H,12-13H2,1-3H3,(H,24,27). The highest BCUT2D eigenvalue weighted by Gasteiger charge is 2.13. The van der Waals surface area contributed by atoms with Crippen LogP contribution in [-0.2, 0) is 16.1 Å². The summed E-state index contributed by atoms with van der Waals surface area (Å²) < 4.78 is 6.81. The molecule has 2 aromatic carbocycles. The molecule has 1 heterocycles. The number of ether oxygens (including phenoxy) is 1. The highest BCUT2D eigenvalue weighted by molar-refractivity contribution is 6.31. The van der Waals surface area contributed by atoms with Gasteiger partial charge in [-0.3, -0.25) is 4.79 Å². The van der Waals surface area contributed by atoms with Crippen molar-refractivity contribution < 1.29 is 14.3 Å². The minimum absolute atomic E-state index is 0.334. The molecule has 0 aliphatic heterocycles. The molecule has 6 nitrogen and oxygen atoms in total. The lowest BCUT2D eigenvalue weighted by Gasteiger charge is -2.08. The van der Waals surface area contributed by atoms with Crippen LogP contribution in [0.25, 0.3) is 5.69 Å². The van der Waals surface area contributed by atoms with Crippen LogP contribution in [-0.4, -0.2) is 28.3 Å². The smallest absolute Gasteiger partial charge is 0.338 e. The second-order valence-electron chi connectivity index (χ2n) is 6.78. The van der Waals surface area contributed by atoms with Crippen molar-refractivity contribution in [2.75, 3.05) is 6.61 Å². The van der Waals surface area contributed by atoms with E-state index in [-0.39, 0.29) is 12.5 Å². The molecule has 3 rings (SSSR count). The second-order valence-corrected chi connectivity index (χ2v) is 7.16. The van der Waals surface area contributed by atoms with Crippen LogP contribution < -0.4 is 5.32 Å². The van der Waals surface area contributed by atoms with Gasteiger partial charge in [0.2, 0.25) is 0 Å². The van der Waals surface area contributed by atoms with Gasteiger partial charge in [-0.2, -0.15) is 5.10 Å². The van der Waals surface area contributed by atoms with Gasteiger partial charge in [0.1, 0.15) is 0 Å². The van der Waals surface area contributed by atoms with E-state index in [1.54, 1.807) is 28.9 Å². The first kappa shape index (κ1) is 20.6. The van der Waals surface area contributed by atoms with Crippen LogP contribution in [0.1, 0.15) is 32.9 Å². The fourth-order valence-electron chi connectivity index (χ4n) is 2.79. The Bertz CT molecular complexity index is 1020. The summed E-state index contributed by atoms with van der Waals surface area (Å²) in [5.41, 5.74) is 4.84. The van der Waals surface area contributed by atoms with Gasteiger partial charge in [-0.05, 0) is 50.6 Å². The maximum atomic E-state index is 12.2. The van der Waals surface area contributed by atoms with Crippen molar-refractivity contribution in [3.8, 4) is 5.69 Å². The Morgan fingerprint density at radius 3 is 2.28 bits per heavy atom. The number of carbonyl (C=O) groups is 2. The van der Waals surface area contributed by atoms with E-state index < -0.39 is 5.97 Å². The van der Waals surface area contributed by atoms with Crippen LogP contribution in [0, 0.1) is 20.8 Å². The zero-order chi connectivity index (χ0) is 21.0. The van der Waals surface area contributed by atoms with E-state index in [2.05, 4.69) is 10.4 Å². The van der Waals surface area contributed by atoms with Crippen molar-refractivity contribution in [1.82, 2.24) is 15.1 Å². The highest BCUT2D eigenvalue weighted by atomic mass is 35.5. The van der Waals surface area contributed by atoms with E-state index in [1.165, 1.54) is 0 Å². The fourth-order valence-corrected chi connectivity index (χ4v) is 2.90. The molecule has 0 spiro atoms. The average molecular weight is 412 g/mol. The summed E-state index contributed by atoms with van der Waals surface area (Å²) in [6, 6.07) is 14.6. The van der Waals surface area contributed by atoms with Gasteiger partial charge >= 0.3 is 5.97 Å². The molecule has 1 amide bonds. The summed E-state index contributed by atoms with van der Waals surface area (Å²) in [5, 5.41) is 7.73. The molecule has 0 aliphatic rings. The number of esters is 1. The van der Waals surface area contributed by atoms with Gasteiger partial charge in [0.25, 0.3) is 5.91 Å². The van der Waals surface area contributed by atoms with Crippen LogP contribution in [0.2, 0.25) is 5.02 Å². The Balaban J connectivity index is 1.53. The molecule has 0 aliphatic carbocycles. The number of amides is 1. The number of benzene rings is 2. The lowest BCUT2D eigenvalue weighted by Crippen LogP contribution is -2.28. The number of carbonyl (C=O) groups excluding carboxylic acids is 2. The molecule has 0 saturated carbocycles. The average Bonchev–Trinajstić information content (AvgIpc) is 2.99. The Labute approximate surface area is 174 Å². The molecule has 150 valence electrons. The van der Waals surface area contributed by atoms with Crippen molar-refractivity contribution in [2.45, 2.75) is 27.3 Å². The van der Waals surface area contributed by atoms with Crippen LogP contribution in [0.15, 0.2) is 48.5 Å². The number of aryl methyl sites for hydroxylation is 2. The van der Waals surface area contributed by atoms with Crippen molar-refractivity contribution in [3.05, 3.63) is 81.6 Å². The zero-order valence-electron chi connectivity index (χ0n) is 16.5. The van der Waals surface area contributed by atoms with Gasteiger partial charge in [-0.15, -0.1) is 0 Å². The normalized spacial score (nSPS) is 10.6. The first-order valence-corrected chi connectivity index (χ1v) is 9.54. The number of aromatic nitrogens is 2. The number of halogens is 1. The number of rotatable bonds is 6. The van der Waals surface area contributed by atoms with Gasteiger partial charge < -0.3 is 10.1 Å². The van der Waals surface area contributed by atoms with Crippen LogP contribution >= 0.6 is 11.6 Å². The fraction of sp³-hybridized carbons (Fsp3) is 0.227. The molecular weight excluding hydrogens is 390 g/mol. The monoisotopic (exact) mass is 411 g/mol. The van der Waals surface area contributed by atoms with E-state index >= 15 is 0 Å². The molecular formula is C22H22ClN3O3. The van der Waals surface area contributed by atoms with E-state index in [1.807, 2.05) is 45.0 Å². The topological polar surface area (TPSA) is 73.2 Å². The third kappa shape index (κ3) is 5.03. The summed E-state index contributed by atoms with van der Waals surface area (Å²) in [6.07, 6.45) is 0. The summed E-state index contributed by atoms with van der Waals surface area (Å²) in [6.45, 7) is 5.76. The molecule has 1 N–H and O–H groups in total. The third-order valence-electron chi connectivity index (χ3n) is 4.50. The molecule has 0 bridgehead atoms. The summed E-state index contributed by atoms with van der Waals surface area (Å²) >= 11 is 6.18. The van der Waals surface area contributed by atoms with Crippen molar-refractivity contribution in [2.24, 2.45) is 0 Å². The first-order valence-electron chi connectivity index (χ1n) is 9.16. The van der Waals surface area contributed by atoms with Crippen molar-refractivity contribution in [1.29, 1.82) is 0 Å². The molecule has 0 fully saturated rings. The molecule has 0 unspecified atom stereocenters. The number of hydrogen-bond acceptors (Lipinski definition) is 4.